The summed E-state index contributed by atoms with van der Waals surface area (Å²) in [5, 5.41) is 3.15. The van der Waals surface area contributed by atoms with Crippen molar-refractivity contribution < 1.29 is 14.3 Å². The Bertz CT molecular complexity index is 765. The van der Waals surface area contributed by atoms with E-state index in [9.17, 15) is 4.79 Å². The molecule has 0 saturated heterocycles. The maximum atomic E-state index is 12.5. The lowest BCUT2D eigenvalue weighted by Gasteiger charge is -2.41. The van der Waals surface area contributed by atoms with E-state index >= 15 is 0 Å². The summed E-state index contributed by atoms with van der Waals surface area (Å²) in [5.74, 6) is 1.47. The summed E-state index contributed by atoms with van der Waals surface area (Å²) < 4.78 is 12.0. The van der Waals surface area contributed by atoms with E-state index in [0.29, 0.717) is 5.75 Å². The zero-order chi connectivity index (χ0) is 19.3. The van der Waals surface area contributed by atoms with Crippen molar-refractivity contribution in [2.24, 2.45) is 0 Å². The van der Waals surface area contributed by atoms with Gasteiger partial charge in [0, 0.05) is 12.0 Å². The number of rotatable bonds is 7. The van der Waals surface area contributed by atoms with Gasteiger partial charge in [0.25, 0.3) is 5.91 Å². The largest absolute Gasteiger partial charge is 0.487 e. The molecule has 27 heavy (non-hydrogen) atoms. The molecule has 144 valence electrons. The molecule has 0 saturated carbocycles. The van der Waals surface area contributed by atoms with Gasteiger partial charge < -0.3 is 14.8 Å². The molecule has 1 atom stereocenters. The normalized spacial score (nSPS) is 17.5. The second-order valence-corrected chi connectivity index (χ2v) is 7.14. The number of hydrogen-bond donors (Lipinski definition) is 1. The fourth-order valence-electron chi connectivity index (χ4n) is 3.64. The van der Waals surface area contributed by atoms with Crippen LogP contribution < -0.4 is 14.8 Å². The summed E-state index contributed by atoms with van der Waals surface area (Å²) in [6.07, 6.45) is 3.57. The van der Waals surface area contributed by atoms with Crippen molar-refractivity contribution in [3.63, 3.8) is 0 Å². The number of amides is 1. The van der Waals surface area contributed by atoms with Crippen LogP contribution in [-0.4, -0.2) is 18.1 Å². The molecule has 0 aliphatic carbocycles. The van der Waals surface area contributed by atoms with Crippen LogP contribution in [0.3, 0.4) is 0 Å². The first-order valence-electron chi connectivity index (χ1n) is 9.88. The summed E-state index contributed by atoms with van der Waals surface area (Å²) in [6.45, 7) is 6.40. The van der Waals surface area contributed by atoms with Gasteiger partial charge in [0.2, 0.25) is 0 Å². The molecule has 4 heteroatoms. The third-order valence-electron chi connectivity index (χ3n) is 5.52. The van der Waals surface area contributed by atoms with Crippen LogP contribution in [0.4, 0.5) is 0 Å². The first kappa shape index (κ1) is 19.3. The molecular weight excluding hydrogens is 338 g/mol. The smallest absolute Gasteiger partial charge is 0.258 e. The van der Waals surface area contributed by atoms with E-state index in [1.54, 1.807) is 0 Å². The number of nitrogens with one attached hydrogen (secondary N) is 1. The molecule has 0 spiro atoms. The highest BCUT2D eigenvalue weighted by Gasteiger charge is 2.38. The van der Waals surface area contributed by atoms with Crippen LogP contribution in [0, 0.1) is 0 Å². The van der Waals surface area contributed by atoms with E-state index in [-0.39, 0.29) is 24.2 Å². The molecule has 1 aliphatic rings. The van der Waals surface area contributed by atoms with E-state index in [0.717, 1.165) is 37.0 Å². The van der Waals surface area contributed by atoms with Gasteiger partial charge in [-0.05, 0) is 43.0 Å². The number of fused-ring (bicyclic) bond motifs is 1. The van der Waals surface area contributed by atoms with E-state index in [1.807, 2.05) is 48.5 Å². The lowest BCUT2D eigenvalue weighted by atomic mass is 9.83. The Hall–Kier alpha value is -2.49. The van der Waals surface area contributed by atoms with Crippen LogP contribution in [0.5, 0.6) is 11.5 Å². The predicted octanol–water partition coefficient (Wildman–Crippen LogP) is 4.83. The minimum atomic E-state index is -0.233. The van der Waals surface area contributed by atoms with Crippen molar-refractivity contribution in [2.75, 3.05) is 6.61 Å². The van der Waals surface area contributed by atoms with Crippen molar-refractivity contribution in [3.05, 3.63) is 59.7 Å². The second-order valence-electron chi connectivity index (χ2n) is 7.14. The van der Waals surface area contributed by atoms with Crippen molar-refractivity contribution in [1.82, 2.24) is 5.32 Å². The summed E-state index contributed by atoms with van der Waals surface area (Å²) >= 11 is 0. The Morgan fingerprint density at radius 1 is 1.11 bits per heavy atom. The van der Waals surface area contributed by atoms with Crippen LogP contribution in [-0.2, 0) is 11.2 Å². The molecule has 0 radical (unpaired) electrons. The fraction of sp³-hybridized carbons (Fsp3) is 0.435. The van der Waals surface area contributed by atoms with Gasteiger partial charge in [-0.2, -0.15) is 0 Å². The highest BCUT2D eigenvalue weighted by Crippen LogP contribution is 2.42. The quantitative estimate of drug-likeness (QED) is 0.763. The van der Waals surface area contributed by atoms with Crippen molar-refractivity contribution >= 4 is 5.91 Å². The standard InChI is InChI=1S/C23H29NO3/c1-4-17-11-13-18(14-12-17)26-16-22(25)24-20-15-23(5-2,6-3)27-21-10-8-7-9-19(20)21/h7-14,20H,4-6,15-16H2,1-3H3,(H,24,25)/t20-/m1/s1. The summed E-state index contributed by atoms with van der Waals surface area (Å²) in [5.41, 5.74) is 2.06. The molecule has 0 aromatic heterocycles. The molecule has 1 amide bonds. The second kappa shape index (κ2) is 8.47. The summed E-state index contributed by atoms with van der Waals surface area (Å²) in [4.78, 5) is 12.5. The maximum absolute atomic E-state index is 12.5. The number of benzene rings is 2. The highest BCUT2D eigenvalue weighted by molar-refractivity contribution is 5.78. The highest BCUT2D eigenvalue weighted by atomic mass is 16.5. The first-order valence-corrected chi connectivity index (χ1v) is 9.88. The molecule has 1 aliphatic heterocycles. The van der Waals surface area contributed by atoms with Crippen LogP contribution in [0.25, 0.3) is 0 Å². The van der Waals surface area contributed by atoms with Crippen molar-refractivity contribution in [3.8, 4) is 11.5 Å². The van der Waals surface area contributed by atoms with Crippen LogP contribution >= 0.6 is 0 Å². The van der Waals surface area contributed by atoms with E-state index in [2.05, 4.69) is 26.1 Å². The number of ether oxygens (including phenoxy) is 2. The Kier molecular flexibility index (Phi) is 6.04. The van der Waals surface area contributed by atoms with Gasteiger partial charge in [-0.25, -0.2) is 0 Å². The SMILES string of the molecule is CCc1ccc(OCC(=O)N[C@@H]2CC(CC)(CC)Oc3ccccc32)cc1. The van der Waals surface area contributed by atoms with Gasteiger partial charge >= 0.3 is 0 Å². The molecule has 1 heterocycles. The summed E-state index contributed by atoms with van der Waals surface area (Å²) in [6, 6.07) is 15.8. The molecule has 4 nitrogen and oxygen atoms in total. The predicted molar refractivity (Wildman–Crippen MR) is 107 cm³/mol. The van der Waals surface area contributed by atoms with Crippen molar-refractivity contribution in [2.45, 2.75) is 58.1 Å². The monoisotopic (exact) mass is 367 g/mol. The molecular formula is C23H29NO3. The van der Waals surface area contributed by atoms with Crippen LogP contribution in [0.15, 0.2) is 48.5 Å². The van der Waals surface area contributed by atoms with Gasteiger partial charge in [-0.1, -0.05) is 51.1 Å². The Morgan fingerprint density at radius 3 is 2.48 bits per heavy atom. The van der Waals surface area contributed by atoms with Gasteiger partial charge in [0.05, 0.1) is 6.04 Å². The molecule has 0 bridgehead atoms. The topological polar surface area (TPSA) is 47.6 Å². The Labute approximate surface area is 161 Å². The van der Waals surface area contributed by atoms with E-state index < -0.39 is 0 Å². The van der Waals surface area contributed by atoms with Crippen molar-refractivity contribution in [1.29, 1.82) is 0 Å². The molecule has 2 aromatic carbocycles. The molecule has 2 aromatic rings. The minimum Gasteiger partial charge on any atom is -0.487 e. The minimum absolute atomic E-state index is 0.0102. The van der Waals surface area contributed by atoms with Gasteiger partial charge in [0.1, 0.15) is 17.1 Å². The van der Waals surface area contributed by atoms with Crippen LogP contribution in [0.1, 0.15) is 57.2 Å². The van der Waals surface area contributed by atoms with E-state index in [1.165, 1.54) is 5.56 Å². The average molecular weight is 367 g/mol. The summed E-state index contributed by atoms with van der Waals surface area (Å²) in [7, 11) is 0. The lowest BCUT2D eigenvalue weighted by molar-refractivity contribution is -0.124. The maximum Gasteiger partial charge on any atom is 0.258 e. The zero-order valence-corrected chi connectivity index (χ0v) is 16.5. The average Bonchev–Trinajstić information content (AvgIpc) is 2.72. The molecule has 3 rings (SSSR count). The number of para-hydroxylation sites is 1. The number of carbonyl (C=O) groups is 1. The molecule has 1 N–H and O–H groups in total. The Morgan fingerprint density at radius 2 is 1.81 bits per heavy atom. The van der Waals surface area contributed by atoms with Gasteiger partial charge in [-0.3, -0.25) is 4.79 Å². The number of aryl methyl sites for hydroxylation is 1. The van der Waals surface area contributed by atoms with Gasteiger partial charge in [-0.15, -0.1) is 0 Å². The van der Waals surface area contributed by atoms with E-state index in [4.69, 9.17) is 9.47 Å². The first-order chi connectivity index (χ1) is 13.1. The van der Waals surface area contributed by atoms with Crippen LogP contribution in [0.2, 0.25) is 0 Å². The number of carbonyl (C=O) groups excluding carboxylic acids is 1. The molecule has 0 unspecified atom stereocenters. The van der Waals surface area contributed by atoms with Gasteiger partial charge in [0.15, 0.2) is 6.61 Å². The molecule has 0 fully saturated rings. The zero-order valence-electron chi connectivity index (χ0n) is 16.5. The lowest BCUT2D eigenvalue weighted by Crippen LogP contribution is -2.45. The Balaban J connectivity index is 1.66. The fourth-order valence-corrected chi connectivity index (χ4v) is 3.64. The third-order valence-corrected chi connectivity index (χ3v) is 5.52. The number of hydrogen-bond acceptors (Lipinski definition) is 3. The third kappa shape index (κ3) is 4.44.